The maximum absolute atomic E-state index is 6.32. The van der Waals surface area contributed by atoms with E-state index < -0.39 is 0 Å². The predicted octanol–water partition coefficient (Wildman–Crippen LogP) is 3.83. The van der Waals surface area contributed by atoms with E-state index in [9.17, 15) is 0 Å². The Morgan fingerprint density at radius 2 is 2.15 bits per heavy atom. The zero-order valence-corrected chi connectivity index (χ0v) is 16.9. The van der Waals surface area contributed by atoms with Crippen molar-refractivity contribution in [3.05, 3.63) is 22.6 Å². The summed E-state index contributed by atoms with van der Waals surface area (Å²) in [5.41, 5.74) is 3.04. The Bertz CT molecular complexity index is 988. The highest BCUT2D eigenvalue weighted by atomic mass is 35.5. The van der Waals surface area contributed by atoms with Gasteiger partial charge in [-0.3, -0.25) is 0 Å². The minimum absolute atomic E-state index is 0.227. The minimum Gasteiger partial charge on any atom is -0.383 e. The number of pyridine rings is 1. The summed E-state index contributed by atoms with van der Waals surface area (Å²) in [6.07, 6.45) is 2.33. The molecule has 0 atom stereocenters. The molecular weight excluding hydrogens is 372 g/mol. The molecule has 4 heterocycles. The number of halogens is 1. The van der Waals surface area contributed by atoms with Crippen LogP contribution in [0, 0.1) is 0 Å². The van der Waals surface area contributed by atoms with Crippen molar-refractivity contribution in [2.24, 2.45) is 0 Å². The number of hydrogen-bond acceptors (Lipinski definition) is 7. The molecule has 26 heavy (non-hydrogen) atoms. The van der Waals surface area contributed by atoms with Crippen LogP contribution in [-0.2, 0) is 22.5 Å². The monoisotopic (exact) mass is 392 g/mol. The van der Waals surface area contributed by atoms with Crippen LogP contribution in [0.3, 0.4) is 0 Å². The minimum atomic E-state index is -0.227. The molecule has 0 amide bonds. The summed E-state index contributed by atoms with van der Waals surface area (Å²) in [6, 6.07) is 0. The van der Waals surface area contributed by atoms with E-state index in [1.807, 2.05) is 7.05 Å². The van der Waals surface area contributed by atoms with Gasteiger partial charge in [0.1, 0.15) is 22.1 Å². The average molecular weight is 393 g/mol. The first-order chi connectivity index (χ1) is 12.4. The number of ether oxygens (including phenoxy) is 2. The van der Waals surface area contributed by atoms with E-state index in [0.717, 1.165) is 44.8 Å². The molecule has 0 N–H and O–H groups in total. The molecule has 0 radical (unpaired) electrons. The molecular formula is C18H21ClN4O2S. The lowest BCUT2D eigenvalue weighted by atomic mass is 9.90. The Labute approximate surface area is 161 Å². The summed E-state index contributed by atoms with van der Waals surface area (Å²) >= 11 is 7.87. The third-order valence-electron chi connectivity index (χ3n) is 4.76. The topological polar surface area (TPSA) is 60.4 Å². The van der Waals surface area contributed by atoms with Crippen molar-refractivity contribution in [3.63, 3.8) is 0 Å². The Kier molecular flexibility index (Phi) is 4.51. The van der Waals surface area contributed by atoms with Gasteiger partial charge in [0.2, 0.25) is 0 Å². The Morgan fingerprint density at radius 3 is 2.92 bits per heavy atom. The molecule has 3 aromatic heterocycles. The van der Waals surface area contributed by atoms with Gasteiger partial charge in [-0.1, -0.05) is 11.6 Å². The van der Waals surface area contributed by atoms with E-state index >= 15 is 0 Å². The van der Waals surface area contributed by atoms with E-state index in [2.05, 4.69) is 28.7 Å². The largest absolute Gasteiger partial charge is 0.383 e. The summed E-state index contributed by atoms with van der Waals surface area (Å²) in [7, 11) is 3.74. The smallest absolute Gasteiger partial charge is 0.150 e. The zero-order valence-electron chi connectivity index (χ0n) is 15.3. The summed E-state index contributed by atoms with van der Waals surface area (Å²) in [5, 5.41) is 1.57. The van der Waals surface area contributed by atoms with Crippen molar-refractivity contribution in [2.45, 2.75) is 32.5 Å². The molecule has 0 spiro atoms. The van der Waals surface area contributed by atoms with Crippen LogP contribution in [-0.4, -0.2) is 47.9 Å². The third-order valence-corrected chi connectivity index (χ3v) is 6.23. The van der Waals surface area contributed by atoms with Crippen molar-refractivity contribution in [2.75, 3.05) is 32.2 Å². The Hall–Kier alpha value is -1.54. The second-order valence-electron chi connectivity index (χ2n) is 7.16. The lowest BCUT2D eigenvalue weighted by Crippen LogP contribution is -2.34. The number of rotatable bonds is 4. The molecule has 3 aromatic rings. The molecule has 4 rings (SSSR count). The zero-order chi connectivity index (χ0) is 18.5. The highest BCUT2D eigenvalue weighted by Gasteiger charge is 2.32. The molecule has 6 nitrogen and oxygen atoms in total. The first-order valence-corrected chi connectivity index (χ1v) is 9.69. The van der Waals surface area contributed by atoms with Crippen LogP contribution in [0.1, 0.15) is 25.0 Å². The first-order valence-electron chi connectivity index (χ1n) is 8.50. The third kappa shape index (κ3) is 2.93. The van der Waals surface area contributed by atoms with Crippen LogP contribution >= 0.6 is 22.9 Å². The molecule has 0 saturated heterocycles. The molecule has 0 unspecified atom stereocenters. The van der Waals surface area contributed by atoms with Crippen molar-refractivity contribution < 1.29 is 9.47 Å². The van der Waals surface area contributed by atoms with Crippen LogP contribution in [0.25, 0.3) is 20.4 Å². The number of nitrogens with zero attached hydrogens (tertiary/aromatic N) is 4. The molecule has 138 valence electrons. The number of likely N-dealkylation sites (N-methyl/N-ethyl adjacent to an activating group) is 1. The highest BCUT2D eigenvalue weighted by molar-refractivity contribution is 7.26. The van der Waals surface area contributed by atoms with Gasteiger partial charge in [0.05, 0.1) is 29.0 Å². The van der Waals surface area contributed by atoms with E-state index in [1.54, 1.807) is 18.4 Å². The molecule has 0 saturated carbocycles. The van der Waals surface area contributed by atoms with Gasteiger partial charge in [0.15, 0.2) is 0 Å². The van der Waals surface area contributed by atoms with Gasteiger partial charge >= 0.3 is 0 Å². The van der Waals surface area contributed by atoms with Gasteiger partial charge in [-0.25, -0.2) is 15.0 Å². The van der Waals surface area contributed by atoms with E-state index in [4.69, 9.17) is 26.1 Å². The average Bonchev–Trinajstić information content (AvgIpc) is 2.98. The molecule has 0 aromatic carbocycles. The van der Waals surface area contributed by atoms with Crippen molar-refractivity contribution in [1.82, 2.24) is 15.0 Å². The van der Waals surface area contributed by atoms with Crippen molar-refractivity contribution >= 4 is 49.2 Å². The van der Waals surface area contributed by atoms with Gasteiger partial charge in [-0.05, 0) is 19.4 Å². The second kappa shape index (κ2) is 6.56. The standard InChI is InChI=1S/C18H21ClN4O2S/c1-18(2)7-10-11(8-25-18)16(23(3)5-6-24-4)22-17-12(10)13-14(26-17)15(19)21-9-20-13/h9H,5-8H2,1-4H3. The van der Waals surface area contributed by atoms with E-state index in [0.29, 0.717) is 18.4 Å². The van der Waals surface area contributed by atoms with Gasteiger partial charge in [-0.2, -0.15) is 0 Å². The summed E-state index contributed by atoms with van der Waals surface area (Å²) < 4.78 is 12.2. The van der Waals surface area contributed by atoms with Crippen LogP contribution in [0.15, 0.2) is 6.33 Å². The lowest BCUT2D eigenvalue weighted by Gasteiger charge is -2.34. The highest BCUT2D eigenvalue weighted by Crippen LogP contribution is 2.43. The molecule has 8 heteroatoms. The maximum Gasteiger partial charge on any atom is 0.150 e. The van der Waals surface area contributed by atoms with Crippen molar-refractivity contribution in [1.29, 1.82) is 0 Å². The van der Waals surface area contributed by atoms with Crippen molar-refractivity contribution in [3.8, 4) is 0 Å². The molecule has 1 aliphatic heterocycles. The quantitative estimate of drug-likeness (QED) is 0.629. The van der Waals surface area contributed by atoms with E-state index in [-0.39, 0.29) is 5.60 Å². The number of hydrogen-bond donors (Lipinski definition) is 0. The lowest BCUT2D eigenvalue weighted by molar-refractivity contribution is -0.0395. The number of thiophene rings is 1. The van der Waals surface area contributed by atoms with Gasteiger partial charge in [0, 0.05) is 38.1 Å². The number of fused-ring (bicyclic) bond motifs is 5. The van der Waals surface area contributed by atoms with E-state index in [1.165, 1.54) is 11.9 Å². The van der Waals surface area contributed by atoms with Gasteiger partial charge in [-0.15, -0.1) is 11.3 Å². The van der Waals surface area contributed by atoms with Crippen LogP contribution in [0.4, 0.5) is 5.82 Å². The fraction of sp³-hybridized carbons (Fsp3) is 0.500. The predicted molar refractivity (Wildman–Crippen MR) is 105 cm³/mol. The second-order valence-corrected chi connectivity index (χ2v) is 8.51. The van der Waals surface area contributed by atoms with Crippen LogP contribution in [0.2, 0.25) is 5.15 Å². The number of anilines is 1. The molecule has 0 fully saturated rings. The summed E-state index contributed by atoms with van der Waals surface area (Å²) in [6.45, 7) is 6.17. The fourth-order valence-corrected chi connectivity index (χ4v) is 4.70. The Morgan fingerprint density at radius 1 is 1.35 bits per heavy atom. The SMILES string of the molecule is COCCN(C)c1nc2sc3c(Cl)ncnc3c2c2c1COC(C)(C)C2. The first kappa shape index (κ1) is 17.9. The summed E-state index contributed by atoms with van der Waals surface area (Å²) in [4.78, 5) is 16.7. The normalized spacial score (nSPS) is 16.2. The Balaban J connectivity index is 2.00. The number of methoxy groups -OCH3 is 1. The molecule has 0 aliphatic carbocycles. The van der Waals surface area contributed by atoms with Gasteiger partial charge in [0.25, 0.3) is 0 Å². The maximum atomic E-state index is 6.32. The van der Waals surface area contributed by atoms with Crippen LogP contribution in [0.5, 0.6) is 0 Å². The number of aromatic nitrogens is 3. The van der Waals surface area contributed by atoms with Crippen LogP contribution < -0.4 is 4.90 Å². The molecule has 0 bridgehead atoms. The summed E-state index contributed by atoms with van der Waals surface area (Å²) in [5.74, 6) is 0.940. The molecule has 1 aliphatic rings. The fourth-order valence-electron chi connectivity index (χ4n) is 3.41. The van der Waals surface area contributed by atoms with Gasteiger partial charge < -0.3 is 14.4 Å².